The zero-order valence-corrected chi connectivity index (χ0v) is 11.2. The van der Waals surface area contributed by atoms with Gasteiger partial charge in [-0.3, -0.25) is 4.79 Å². The molecule has 0 rings (SSSR count). The van der Waals surface area contributed by atoms with Crippen LogP contribution in [0.2, 0.25) is 0 Å². The maximum atomic E-state index is 11.3. The van der Waals surface area contributed by atoms with Crippen LogP contribution in [0.25, 0.3) is 0 Å². The summed E-state index contributed by atoms with van der Waals surface area (Å²) in [5.41, 5.74) is 0.636. The van der Waals surface area contributed by atoms with Gasteiger partial charge in [0.05, 0.1) is 6.61 Å². The topological polar surface area (TPSA) is 55.4 Å². The molecule has 1 unspecified atom stereocenters. The summed E-state index contributed by atoms with van der Waals surface area (Å²) < 4.78 is 4.83. The van der Waals surface area contributed by atoms with Gasteiger partial charge < -0.3 is 10.1 Å². The van der Waals surface area contributed by atoms with Crippen molar-refractivity contribution >= 4 is 11.9 Å². The highest BCUT2D eigenvalue weighted by atomic mass is 16.5. The van der Waals surface area contributed by atoms with E-state index in [9.17, 15) is 9.59 Å². The van der Waals surface area contributed by atoms with Gasteiger partial charge in [-0.15, -0.1) is 0 Å². The van der Waals surface area contributed by atoms with E-state index in [0.717, 1.165) is 12.8 Å². The summed E-state index contributed by atoms with van der Waals surface area (Å²) in [4.78, 5) is 22.4. The fourth-order valence-corrected chi connectivity index (χ4v) is 1.67. The lowest BCUT2D eigenvalue weighted by atomic mass is 10.00. The van der Waals surface area contributed by atoms with E-state index >= 15 is 0 Å². The van der Waals surface area contributed by atoms with Crippen LogP contribution in [-0.2, 0) is 14.3 Å². The summed E-state index contributed by atoms with van der Waals surface area (Å²) in [6.45, 7) is 7.74. The zero-order valence-electron chi connectivity index (χ0n) is 11.2. The lowest BCUT2D eigenvalue weighted by molar-refractivity contribution is -0.137. The number of ether oxygens (including phenoxy) is 1. The van der Waals surface area contributed by atoms with Crippen molar-refractivity contribution in [2.75, 3.05) is 6.61 Å². The molecule has 0 aromatic heterocycles. The zero-order chi connectivity index (χ0) is 13.3. The third-order valence-corrected chi connectivity index (χ3v) is 2.27. The molecule has 0 fully saturated rings. The highest BCUT2D eigenvalue weighted by molar-refractivity contribution is 5.84. The van der Waals surface area contributed by atoms with Gasteiger partial charge in [0.25, 0.3) is 0 Å². The first-order valence-electron chi connectivity index (χ1n) is 6.14. The highest BCUT2D eigenvalue weighted by Crippen LogP contribution is 2.14. The second-order valence-electron chi connectivity index (χ2n) is 4.20. The predicted molar refractivity (Wildman–Crippen MR) is 67.2 cm³/mol. The lowest BCUT2D eigenvalue weighted by Gasteiger charge is -2.13. The van der Waals surface area contributed by atoms with Crippen molar-refractivity contribution in [2.45, 2.75) is 47.0 Å². The molecule has 0 heterocycles. The van der Waals surface area contributed by atoms with Crippen LogP contribution in [0.4, 0.5) is 0 Å². The molecule has 0 aliphatic rings. The number of hydrogen-bond acceptors (Lipinski definition) is 3. The summed E-state index contributed by atoms with van der Waals surface area (Å²) in [5.74, 6) is -0.128. The number of amides is 1. The quantitative estimate of drug-likeness (QED) is 0.550. The highest BCUT2D eigenvalue weighted by Gasteiger charge is 2.09. The number of hydrogen-bond donors (Lipinski definition) is 1. The standard InChI is InChI=1S/C13H23NO3/c1-5-7-10(3)8-12(14-11(4)15)9-13(16)17-6-2/h9-10H,5-8H2,1-4H3,(H,14,15). The molecule has 0 aromatic carbocycles. The second-order valence-corrected chi connectivity index (χ2v) is 4.20. The van der Waals surface area contributed by atoms with Crippen molar-refractivity contribution < 1.29 is 14.3 Å². The summed E-state index contributed by atoms with van der Waals surface area (Å²) >= 11 is 0. The third-order valence-electron chi connectivity index (χ3n) is 2.27. The normalized spacial score (nSPS) is 13.1. The van der Waals surface area contributed by atoms with Gasteiger partial charge in [-0.05, 0) is 19.3 Å². The van der Waals surface area contributed by atoms with Crippen molar-refractivity contribution in [3.8, 4) is 0 Å². The van der Waals surface area contributed by atoms with Gasteiger partial charge in [0.15, 0.2) is 0 Å². The van der Waals surface area contributed by atoms with Crippen molar-refractivity contribution in [2.24, 2.45) is 5.92 Å². The monoisotopic (exact) mass is 241 g/mol. The minimum Gasteiger partial charge on any atom is -0.463 e. The van der Waals surface area contributed by atoms with E-state index in [2.05, 4.69) is 19.2 Å². The Kier molecular flexibility index (Phi) is 8.11. The van der Waals surface area contributed by atoms with E-state index in [4.69, 9.17) is 4.74 Å². The summed E-state index contributed by atoms with van der Waals surface area (Å²) in [7, 11) is 0. The number of carbonyl (C=O) groups is 2. The number of rotatable bonds is 7. The maximum absolute atomic E-state index is 11.3. The van der Waals surface area contributed by atoms with E-state index in [0.29, 0.717) is 24.6 Å². The molecule has 0 aliphatic heterocycles. The molecule has 0 aliphatic carbocycles. The van der Waals surface area contributed by atoms with Crippen LogP contribution in [0, 0.1) is 5.92 Å². The Morgan fingerprint density at radius 1 is 1.35 bits per heavy atom. The number of allylic oxidation sites excluding steroid dienone is 1. The number of carbonyl (C=O) groups excluding carboxylic acids is 2. The van der Waals surface area contributed by atoms with E-state index in [1.165, 1.54) is 13.0 Å². The SMILES string of the molecule is CCCC(C)CC(=CC(=O)OCC)NC(C)=O. The molecule has 0 saturated heterocycles. The van der Waals surface area contributed by atoms with Crippen molar-refractivity contribution in [3.63, 3.8) is 0 Å². The van der Waals surface area contributed by atoms with E-state index in [1.54, 1.807) is 6.92 Å². The Bertz CT molecular complexity index is 284. The van der Waals surface area contributed by atoms with Gasteiger partial charge in [0, 0.05) is 18.7 Å². The molecule has 0 bridgehead atoms. The van der Waals surface area contributed by atoms with Crippen molar-refractivity contribution in [1.29, 1.82) is 0 Å². The van der Waals surface area contributed by atoms with Gasteiger partial charge in [-0.1, -0.05) is 26.7 Å². The Morgan fingerprint density at radius 2 is 2.00 bits per heavy atom. The molecule has 17 heavy (non-hydrogen) atoms. The molecule has 4 nitrogen and oxygen atoms in total. The molecule has 0 radical (unpaired) electrons. The second kappa shape index (κ2) is 8.79. The maximum Gasteiger partial charge on any atom is 0.332 e. The summed E-state index contributed by atoms with van der Waals surface area (Å²) in [6, 6.07) is 0. The van der Waals surface area contributed by atoms with Crippen LogP contribution in [-0.4, -0.2) is 18.5 Å². The van der Waals surface area contributed by atoms with Crippen molar-refractivity contribution in [3.05, 3.63) is 11.8 Å². The molecular formula is C13H23NO3. The fourth-order valence-electron chi connectivity index (χ4n) is 1.67. The van der Waals surface area contributed by atoms with Gasteiger partial charge >= 0.3 is 5.97 Å². The van der Waals surface area contributed by atoms with Crippen LogP contribution in [0.15, 0.2) is 11.8 Å². The average Bonchev–Trinajstić information content (AvgIpc) is 2.16. The first-order chi connectivity index (χ1) is 7.99. The van der Waals surface area contributed by atoms with Crippen LogP contribution in [0.1, 0.15) is 47.0 Å². The van der Waals surface area contributed by atoms with Crippen LogP contribution >= 0.6 is 0 Å². The molecule has 0 spiro atoms. The smallest absolute Gasteiger partial charge is 0.332 e. The number of esters is 1. The molecule has 1 N–H and O–H groups in total. The minimum atomic E-state index is -0.403. The first-order valence-corrected chi connectivity index (χ1v) is 6.14. The number of nitrogens with one attached hydrogen (secondary N) is 1. The molecule has 0 aromatic rings. The van der Waals surface area contributed by atoms with Crippen LogP contribution in [0.5, 0.6) is 0 Å². The molecule has 1 amide bonds. The minimum absolute atomic E-state index is 0.163. The average molecular weight is 241 g/mol. The van der Waals surface area contributed by atoms with Gasteiger partial charge in [0.2, 0.25) is 5.91 Å². The van der Waals surface area contributed by atoms with E-state index < -0.39 is 5.97 Å². The fraction of sp³-hybridized carbons (Fsp3) is 0.692. The molecule has 4 heteroatoms. The van der Waals surface area contributed by atoms with Gasteiger partial charge in [-0.25, -0.2) is 4.79 Å². The van der Waals surface area contributed by atoms with Gasteiger partial charge in [0.1, 0.15) is 0 Å². The molecule has 0 saturated carbocycles. The summed E-state index contributed by atoms with van der Waals surface area (Å²) in [5, 5.41) is 2.68. The Balaban J connectivity index is 4.51. The van der Waals surface area contributed by atoms with Crippen molar-refractivity contribution in [1.82, 2.24) is 5.32 Å². The van der Waals surface area contributed by atoms with Gasteiger partial charge in [-0.2, -0.15) is 0 Å². The third kappa shape index (κ3) is 8.48. The Labute approximate surface area is 103 Å². The lowest BCUT2D eigenvalue weighted by Crippen LogP contribution is -2.22. The predicted octanol–water partition coefficient (Wildman–Crippen LogP) is 2.40. The van der Waals surface area contributed by atoms with Crippen LogP contribution < -0.4 is 5.32 Å². The summed E-state index contributed by atoms with van der Waals surface area (Å²) in [6.07, 6.45) is 4.22. The molecular weight excluding hydrogens is 218 g/mol. The Morgan fingerprint density at radius 3 is 2.47 bits per heavy atom. The largest absolute Gasteiger partial charge is 0.463 e. The Hall–Kier alpha value is -1.32. The van der Waals surface area contributed by atoms with E-state index in [1.807, 2.05) is 0 Å². The van der Waals surface area contributed by atoms with E-state index in [-0.39, 0.29) is 5.91 Å². The first kappa shape index (κ1) is 15.7. The molecule has 98 valence electrons. The molecule has 1 atom stereocenters. The van der Waals surface area contributed by atoms with Crippen LogP contribution in [0.3, 0.4) is 0 Å².